The zero-order valence-corrected chi connectivity index (χ0v) is 13.3. The molecule has 0 bridgehead atoms. The molecule has 1 unspecified atom stereocenters. The molecule has 112 valence electrons. The van der Waals surface area contributed by atoms with Gasteiger partial charge in [-0.25, -0.2) is 0 Å². The highest BCUT2D eigenvalue weighted by Crippen LogP contribution is 2.31. The first-order chi connectivity index (χ1) is 9.93. The molecule has 0 aromatic heterocycles. The molecule has 0 heterocycles. The average Bonchev–Trinajstić information content (AvgIpc) is 2.47. The second-order valence-corrected chi connectivity index (χ2v) is 6.10. The Hall–Kier alpha value is -1.80. The van der Waals surface area contributed by atoms with Crippen molar-refractivity contribution in [2.24, 2.45) is 5.92 Å². The van der Waals surface area contributed by atoms with Crippen LogP contribution >= 0.6 is 0 Å². The number of aliphatic hydroxyl groups is 1. The Morgan fingerprint density at radius 3 is 2.29 bits per heavy atom. The van der Waals surface area contributed by atoms with Gasteiger partial charge in [-0.2, -0.15) is 0 Å². The summed E-state index contributed by atoms with van der Waals surface area (Å²) >= 11 is 0. The van der Waals surface area contributed by atoms with Gasteiger partial charge in [0.05, 0.1) is 7.11 Å². The van der Waals surface area contributed by atoms with E-state index in [9.17, 15) is 5.11 Å². The molecule has 0 saturated heterocycles. The third kappa shape index (κ3) is 3.64. The summed E-state index contributed by atoms with van der Waals surface area (Å²) < 4.78 is 5.25. The van der Waals surface area contributed by atoms with Crippen molar-refractivity contribution in [2.75, 3.05) is 7.11 Å². The Balaban J connectivity index is 2.38. The van der Waals surface area contributed by atoms with Crippen LogP contribution in [0.15, 0.2) is 48.5 Å². The normalized spacial score (nSPS) is 14.0. The van der Waals surface area contributed by atoms with Crippen LogP contribution in [0.25, 0.3) is 0 Å². The number of benzene rings is 2. The first-order valence-corrected chi connectivity index (χ1v) is 7.40. The molecule has 2 heteroatoms. The van der Waals surface area contributed by atoms with Crippen LogP contribution in [0.1, 0.15) is 37.5 Å². The van der Waals surface area contributed by atoms with E-state index in [1.807, 2.05) is 43.3 Å². The Labute approximate surface area is 127 Å². The number of ether oxygens (including phenoxy) is 1. The van der Waals surface area contributed by atoms with Crippen LogP contribution < -0.4 is 4.74 Å². The molecular weight excluding hydrogens is 260 g/mol. The molecule has 0 aliphatic rings. The van der Waals surface area contributed by atoms with Gasteiger partial charge in [-0.3, -0.25) is 0 Å². The summed E-state index contributed by atoms with van der Waals surface area (Å²) in [5.74, 6) is 1.35. The van der Waals surface area contributed by atoms with Crippen LogP contribution in [-0.2, 0) is 12.0 Å². The van der Waals surface area contributed by atoms with Crippen molar-refractivity contribution in [3.05, 3.63) is 65.2 Å². The second kappa shape index (κ2) is 6.31. The topological polar surface area (TPSA) is 29.5 Å². The highest BCUT2D eigenvalue weighted by atomic mass is 16.5. The van der Waals surface area contributed by atoms with E-state index < -0.39 is 5.60 Å². The van der Waals surface area contributed by atoms with Crippen LogP contribution in [0.3, 0.4) is 0 Å². The lowest BCUT2D eigenvalue weighted by molar-refractivity contribution is 0.102. The van der Waals surface area contributed by atoms with Gasteiger partial charge in [-0.1, -0.05) is 50.2 Å². The fraction of sp³-hybridized carbons (Fsp3) is 0.368. The van der Waals surface area contributed by atoms with E-state index in [4.69, 9.17) is 4.74 Å². The van der Waals surface area contributed by atoms with Crippen LogP contribution in [0.2, 0.25) is 0 Å². The highest BCUT2D eigenvalue weighted by molar-refractivity contribution is 5.40. The van der Waals surface area contributed by atoms with Crippen molar-refractivity contribution in [1.82, 2.24) is 0 Å². The van der Waals surface area contributed by atoms with E-state index in [-0.39, 0.29) is 0 Å². The van der Waals surface area contributed by atoms with E-state index in [0.29, 0.717) is 5.92 Å². The fourth-order valence-corrected chi connectivity index (χ4v) is 2.57. The van der Waals surface area contributed by atoms with Crippen LogP contribution in [0, 0.1) is 5.92 Å². The zero-order valence-electron chi connectivity index (χ0n) is 13.3. The summed E-state index contributed by atoms with van der Waals surface area (Å²) in [5, 5.41) is 11.0. The largest absolute Gasteiger partial charge is 0.497 e. The van der Waals surface area contributed by atoms with Gasteiger partial charge in [-0.05, 0) is 48.1 Å². The molecule has 0 amide bonds. The quantitative estimate of drug-likeness (QED) is 0.893. The minimum absolute atomic E-state index is 0.599. The maximum absolute atomic E-state index is 11.0. The first-order valence-electron chi connectivity index (χ1n) is 7.40. The van der Waals surface area contributed by atoms with Crippen molar-refractivity contribution in [2.45, 2.75) is 32.8 Å². The number of methoxy groups -OCH3 is 1. The maximum Gasteiger partial charge on any atom is 0.119 e. The highest BCUT2D eigenvalue weighted by Gasteiger charge is 2.26. The third-order valence-electron chi connectivity index (χ3n) is 3.76. The molecule has 0 aliphatic carbocycles. The Morgan fingerprint density at radius 2 is 1.67 bits per heavy atom. The smallest absolute Gasteiger partial charge is 0.119 e. The molecule has 0 saturated carbocycles. The van der Waals surface area contributed by atoms with Gasteiger partial charge >= 0.3 is 0 Å². The minimum Gasteiger partial charge on any atom is -0.497 e. The van der Waals surface area contributed by atoms with Crippen molar-refractivity contribution < 1.29 is 9.84 Å². The molecule has 21 heavy (non-hydrogen) atoms. The maximum atomic E-state index is 11.0. The van der Waals surface area contributed by atoms with Crippen molar-refractivity contribution in [3.63, 3.8) is 0 Å². The van der Waals surface area contributed by atoms with E-state index in [1.54, 1.807) is 7.11 Å². The molecule has 0 spiro atoms. The lowest BCUT2D eigenvalue weighted by Crippen LogP contribution is -2.23. The average molecular weight is 284 g/mol. The van der Waals surface area contributed by atoms with Crippen LogP contribution in [0.5, 0.6) is 5.75 Å². The predicted molar refractivity (Wildman–Crippen MR) is 86.7 cm³/mol. The van der Waals surface area contributed by atoms with Gasteiger partial charge in [-0.15, -0.1) is 0 Å². The molecular formula is C19H24O2. The summed E-state index contributed by atoms with van der Waals surface area (Å²) in [4.78, 5) is 0. The number of rotatable bonds is 5. The number of hydrogen-bond acceptors (Lipinski definition) is 2. The molecule has 0 radical (unpaired) electrons. The van der Waals surface area contributed by atoms with Gasteiger partial charge in [0.1, 0.15) is 11.4 Å². The molecule has 2 rings (SSSR count). The van der Waals surface area contributed by atoms with E-state index in [1.165, 1.54) is 5.56 Å². The monoisotopic (exact) mass is 284 g/mol. The Kier molecular flexibility index (Phi) is 4.69. The molecule has 0 aliphatic heterocycles. The number of hydrogen-bond donors (Lipinski definition) is 1. The van der Waals surface area contributed by atoms with Crippen molar-refractivity contribution >= 4 is 0 Å². The summed E-state index contributed by atoms with van der Waals surface area (Å²) in [6.45, 7) is 6.23. The molecule has 1 N–H and O–H groups in total. The lowest BCUT2D eigenvalue weighted by Gasteiger charge is -2.25. The van der Waals surface area contributed by atoms with Crippen LogP contribution in [-0.4, -0.2) is 12.2 Å². The van der Waals surface area contributed by atoms with E-state index in [0.717, 1.165) is 23.3 Å². The van der Waals surface area contributed by atoms with Crippen LogP contribution in [0.4, 0.5) is 0 Å². The van der Waals surface area contributed by atoms with Gasteiger partial charge in [0.15, 0.2) is 0 Å². The Morgan fingerprint density at radius 1 is 1.05 bits per heavy atom. The summed E-state index contributed by atoms with van der Waals surface area (Å²) in [5.41, 5.74) is 1.98. The molecule has 2 nitrogen and oxygen atoms in total. The van der Waals surface area contributed by atoms with E-state index in [2.05, 4.69) is 26.0 Å². The third-order valence-corrected chi connectivity index (χ3v) is 3.76. The van der Waals surface area contributed by atoms with Gasteiger partial charge in [0.2, 0.25) is 0 Å². The Bertz CT molecular complexity index is 600. The summed E-state index contributed by atoms with van der Waals surface area (Å²) in [6, 6.07) is 15.8. The van der Waals surface area contributed by atoms with E-state index >= 15 is 0 Å². The minimum atomic E-state index is -1.03. The lowest BCUT2D eigenvalue weighted by atomic mass is 9.86. The van der Waals surface area contributed by atoms with Gasteiger partial charge in [0.25, 0.3) is 0 Å². The predicted octanol–water partition coefficient (Wildman–Crippen LogP) is 4.15. The van der Waals surface area contributed by atoms with Gasteiger partial charge in [0, 0.05) is 0 Å². The summed E-state index contributed by atoms with van der Waals surface area (Å²) in [6.07, 6.45) is 1.02. The fourth-order valence-electron chi connectivity index (χ4n) is 2.57. The second-order valence-electron chi connectivity index (χ2n) is 6.10. The SMILES string of the molecule is COc1cccc(C(C)(O)c2cccc(CC(C)C)c2)c1. The van der Waals surface area contributed by atoms with Crippen molar-refractivity contribution in [3.8, 4) is 5.75 Å². The zero-order chi connectivity index (χ0) is 15.5. The first kappa shape index (κ1) is 15.6. The molecule has 2 aromatic rings. The van der Waals surface area contributed by atoms with Crippen molar-refractivity contribution in [1.29, 1.82) is 0 Å². The molecule has 2 aromatic carbocycles. The summed E-state index contributed by atoms with van der Waals surface area (Å²) in [7, 11) is 1.64. The van der Waals surface area contributed by atoms with Gasteiger partial charge < -0.3 is 9.84 Å². The standard InChI is InChI=1S/C19H24O2/c1-14(2)11-15-7-5-8-16(12-15)19(3,20)17-9-6-10-18(13-17)21-4/h5-10,12-14,20H,11H2,1-4H3. The molecule has 0 fully saturated rings. The molecule has 1 atom stereocenters.